The summed E-state index contributed by atoms with van der Waals surface area (Å²) < 4.78 is 0. The summed E-state index contributed by atoms with van der Waals surface area (Å²) in [7, 11) is 0. The number of benzene rings is 5. The molecule has 5 aromatic carbocycles. The van der Waals surface area contributed by atoms with Crippen molar-refractivity contribution < 1.29 is 0 Å². The fourth-order valence-electron chi connectivity index (χ4n) is 14.0. The van der Waals surface area contributed by atoms with Crippen LogP contribution >= 0.6 is 0 Å². The van der Waals surface area contributed by atoms with Crippen LogP contribution in [0.3, 0.4) is 0 Å². The van der Waals surface area contributed by atoms with Crippen LogP contribution in [0.25, 0.3) is 56.4 Å². The second-order valence-electron chi connectivity index (χ2n) is 19.7. The van der Waals surface area contributed by atoms with Gasteiger partial charge in [0.2, 0.25) is 0 Å². The summed E-state index contributed by atoms with van der Waals surface area (Å²) in [6, 6.07) is 46.1. The van der Waals surface area contributed by atoms with Crippen LogP contribution in [0.15, 0.2) is 121 Å². The zero-order valence-electron chi connectivity index (χ0n) is 33.3. The Labute approximate surface area is 342 Å². The van der Waals surface area contributed by atoms with Gasteiger partial charge in [0.25, 0.3) is 0 Å². The summed E-state index contributed by atoms with van der Waals surface area (Å²) >= 11 is 0. The van der Waals surface area contributed by atoms with Gasteiger partial charge >= 0.3 is 0 Å². The van der Waals surface area contributed by atoms with E-state index in [1.54, 1.807) is 0 Å². The molecule has 14 rings (SSSR count). The first-order valence-corrected chi connectivity index (χ1v) is 22.1. The molecule has 0 aliphatic heterocycles. The fraction of sp³-hybridized carbons (Fsp3) is 0.370. The lowest BCUT2D eigenvalue weighted by atomic mass is 9.48. The van der Waals surface area contributed by atoms with Gasteiger partial charge in [-0.25, -0.2) is 15.0 Å². The zero-order valence-corrected chi connectivity index (χ0v) is 33.3. The summed E-state index contributed by atoms with van der Waals surface area (Å²) in [6.07, 6.45) is 17.0. The van der Waals surface area contributed by atoms with Crippen molar-refractivity contribution in [1.82, 2.24) is 15.0 Å². The van der Waals surface area contributed by atoms with Crippen LogP contribution in [0.4, 0.5) is 0 Å². The van der Waals surface area contributed by atoms with E-state index in [1.807, 2.05) is 24.3 Å². The van der Waals surface area contributed by atoms with Crippen molar-refractivity contribution in [3.05, 3.63) is 138 Å². The molecular formula is C54H50N4. The molecule has 0 N–H and O–H groups in total. The van der Waals surface area contributed by atoms with E-state index >= 15 is 0 Å². The summed E-state index contributed by atoms with van der Waals surface area (Å²) in [4.78, 5) is 15.6. The number of nitrogens with zero attached hydrogens (tertiary/aromatic N) is 4. The third-order valence-corrected chi connectivity index (χ3v) is 15.9. The molecular weight excluding hydrogens is 705 g/mol. The predicted octanol–water partition coefficient (Wildman–Crippen LogP) is 13.0. The highest BCUT2D eigenvalue weighted by Gasteiger charge is 2.52. The summed E-state index contributed by atoms with van der Waals surface area (Å²) in [6.45, 7) is 0. The Hall–Kier alpha value is -5.40. The molecule has 4 nitrogen and oxygen atoms in total. The Bertz CT molecular complexity index is 2370. The van der Waals surface area contributed by atoms with Crippen molar-refractivity contribution >= 4 is 0 Å². The largest absolute Gasteiger partial charge is 0.208 e. The molecule has 0 spiro atoms. The monoisotopic (exact) mass is 754 g/mol. The topological polar surface area (TPSA) is 62.5 Å². The standard InChI is InChI=1S/C54H50N4/c55-33-34-1-3-41(4-2-34)42-5-7-43(8-6-42)44-9-11-45(12-10-44)50-56-51(46-13-17-48(18-14-46)53-27-35-21-36(28-53)23-37(22-35)29-53)58-52(57-50)47-15-19-49(20-16-47)54-30-38-24-39(31-54)26-40(25-38)32-54/h1-20,35-40H,21-32H2. The van der Waals surface area contributed by atoms with Gasteiger partial charge in [0, 0.05) is 16.7 Å². The highest BCUT2D eigenvalue weighted by atomic mass is 15.0. The highest BCUT2D eigenvalue weighted by molar-refractivity contribution is 5.73. The maximum atomic E-state index is 9.19. The molecule has 8 saturated carbocycles. The quantitative estimate of drug-likeness (QED) is 0.163. The van der Waals surface area contributed by atoms with Crippen LogP contribution in [-0.4, -0.2) is 15.0 Å². The molecule has 0 amide bonds. The summed E-state index contributed by atoms with van der Waals surface area (Å²) in [5.74, 6) is 7.73. The average molecular weight is 755 g/mol. The van der Waals surface area contributed by atoms with Gasteiger partial charge in [0.1, 0.15) is 0 Å². The molecule has 0 saturated heterocycles. The lowest BCUT2D eigenvalue weighted by Gasteiger charge is -2.57. The Balaban J connectivity index is 0.870. The van der Waals surface area contributed by atoms with Crippen molar-refractivity contribution in [1.29, 1.82) is 5.26 Å². The van der Waals surface area contributed by atoms with Gasteiger partial charge in [0.15, 0.2) is 17.5 Å². The van der Waals surface area contributed by atoms with Gasteiger partial charge < -0.3 is 0 Å². The third-order valence-electron chi connectivity index (χ3n) is 15.9. The number of rotatable bonds is 7. The van der Waals surface area contributed by atoms with Crippen LogP contribution in [0.2, 0.25) is 0 Å². The first kappa shape index (κ1) is 34.6. The van der Waals surface area contributed by atoms with E-state index in [1.165, 1.54) is 88.2 Å². The molecule has 8 aliphatic carbocycles. The molecule has 0 atom stereocenters. The molecule has 0 radical (unpaired) electrons. The van der Waals surface area contributed by atoms with Crippen molar-refractivity contribution in [2.24, 2.45) is 35.5 Å². The number of nitriles is 1. The minimum absolute atomic E-state index is 0.368. The smallest absolute Gasteiger partial charge is 0.164 e. The molecule has 8 bridgehead atoms. The summed E-state index contributed by atoms with van der Waals surface area (Å²) in [5.41, 5.74) is 12.1. The van der Waals surface area contributed by atoms with E-state index in [2.05, 4.69) is 103 Å². The average Bonchev–Trinajstić information content (AvgIpc) is 3.26. The van der Waals surface area contributed by atoms with E-state index in [0.717, 1.165) is 86.1 Å². The SMILES string of the molecule is N#Cc1ccc(-c2ccc(-c3ccc(-c4nc(-c5ccc(C67CC8CC(CC(C8)C6)C7)cc5)nc(-c5ccc(C67CC8CC(CC(C8)C6)C7)cc5)n4)cc3)cc2)cc1. The molecule has 58 heavy (non-hydrogen) atoms. The van der Waals surface area contributed by atoms with Crippen molar-refractivity contribution in [3.8, 4) is 62.5 Å². The minimum Gasteiger partial charge on any atom is -0.208 e. The first-order chi connectivity index (χ1) is 28.4. The Morgan fingerprint density at radius 1 is 0.345 bits per heavy atom. The van der Waals surface area contributed by atoms with Gasteiger partial charge in [0.05, 0.1) is 11.6 Å². The maximum Gasteiger partial charge on any atom is 0.164 e. The normalized spacial score (nSPS) is 30.1. The van der Waals surface area contributed by atoms with Gasteiger partial charge in [-0.3, -0.25) is 0 Å². The second-order valence-corrected chi connectivity index (χ2v) is 19.7. The van der Waals surface area contributed by atoms with Crippen LogP contribution in [0.1, 0.15) is 93.7 Å². The molecule has 286 valence electrons. The van der Waals surface area contributed by atoms with E-state index in [4.69, 9.17) is 15.0 Å². The second kappa shape index (κ2) is 13.3. The Morgan fingerprint density at radius 3 is 0.862 bits per heavy atom. The van der Waals surface area contributed by atoms with Crippen LogP contribution in [0.5, 0.6) is 0 Å². The van der Waals surface area contributed by atoms with Crippen molar-refractivity contribution in [2.45, 2.75) is 87.9 Å². The van der Waals surface area contributed by atoms with Gasteiger partial charge in [-0.15, -0.1) is 0 Å². The number of hydrogen-bond donors (Lipinski definition) is 0. The maximum absolute atomic E-state index is 9.19. The van der Waals surface area contributed by atoms with Crippen molar-refractivity contribution in [2.75, 3.05) is 0 Å². The van der Waals surface area contributed by atoms with E-state index < -0.39 is 0 Å². The number of hydrogen-bond acceptors (Lipinski definition) is 4. The first-order valence-electron chi connectivity index (χ1n) is 22.1. The fourth-order valence-corrected chi connectivity index (χ4v) is 14.0. The van der Waals surface area contributed by atoms with Crippen molar-refractivity contribution in [3.63, 3.8) is 0 Å². The Morgan fingerprint density at radius 2 is 0.586 bits per heavy atom. The lowest BCUT2D eigenvalue weighted by Crippen LogP contribution is -2.48. The van der Waals surface area contributed by atoms with Gasteiger partial charge in [-0.1, -0.05) is 109 Å². The molecule has 8 fully saturated rings. The molecule has 0 unspecified atom stereocenters. The van der Waals surface area contributed by atoms with E-state index in [9.17, 15) is 5.26 Å². The Kier molecular flexibility index (Phi) is 7.95. The molecule has 6 aromatic rings. The minimum atomic E-state index is 0.368. The highest BCUT2D eigenvalue weighted by Crippen LogP contribution is 2.62. The number of aromatic nitrogens is 3. The van der Waals surface area contributed by atoms with E-state index in [-0.39, 0.29) is 0 Å². The molecule has 1 heterocycles. The lowest BCUT2D eigenvalue weighted by molar-refractivity contribution is -0.00530. The van der Waals surface area contributed by atoms with E-state index in [0.29, 0.717) is 22.2 Å². The van der Waals surface area contributed by atoms with Crippen LogP contribution in [0, 0.1) is 46.8 Å². The van der Waals surface area contributed by atoms with Crippen LogP contribution < -0.4 is 0 Å². The van der Waals surface area contributed by atoms with Crippen LogP contribution in [-0.2, 0) is 10.8 Å². The van der Waals surface area contributed by atoms with Gasteiger partial charge in [-0.05, 0) is 169 Å². The molecule has 4 heteroatoms. The molecule has 8 aliphatic rings. The van der Waals surface area contributed by atoms with Gasteiger partial charge in [-0.2, -0.15) is 5.26 Å². The zero-order chi connectivity index (χ0) is 38.4. The molecule has 1 aromatic heterocycles. The predicted molar refractivity (Wildman–Crippen MR) is 231 cm³/mol. The summed E-state index contributed by atoms with van der Waals surface area (Å²) in [5, 5.41) is 9.19. The third kappa shape index (κ3) is 5.95.